The van der Waals surface area contributed by atoms with Gasteiger partial charge in [-0.2, -0.15) is 0 Å². The highest BCUT2D eigenvalue weighted by Gasteiger charge is 2.21. The molecule has 0 atom stereocenters. The van der Waals surface area contributed by atoms with Crippen molar-refractivity contribution in [2.75, 3.05) is 0 Å². The number of hydrogen-bond donors (Lipinski definition) is 0. The second-order valence-corrected chi connectivity index (χ2v) is 5.02. The molecule has 4 rings (SSSR count). The molecule has 6 nitrogen and oxygen atoms in total. The Labute approximate surface area is 134 Å². The Morgan fingerprint density at radius 1 is 0.542 bits per heavy atom. The van der Waals surface area contributed by atoms with Gasteiger partial charge in [0, 0.05) is 0 Å². The molecule has 0 spiro atoms. The highest BCUT2D eigenvalue weighted by molar-refractivity contribution is 5.65. The van der Waals surface area contributed by atoms with Crippen LogP contribution in [-0.4, -0.2) is 13.7 Å². The number of nitrogens with zero attached hydrogens (tertiary/aromatic N) is 3. The van der Waals surface area contributed by atoms with E-state index in [0.29, 0.717) is 0 Å². The zero-order valence-electron chi connectivity index (χ0n) is 12.3. The molecule has 1 aromatic heterocycles. The summed E-state index contributed by atoms with van der Waals surface area (Å²) in [6, 6.07) is 0. The van der Waals surface area contributed by atoms with Gasteiger partial charge in [0.2, 0.25) is 0 Å². The molecular formula is C18H9N3O3. The Hall–Kier alpha value is -3.81. The third kappa shape index (κ3) is 1.90. The van der Waals surface area contributed by atoms with Gasteiger partial charge in [-0.05, 0) is 36.5 Å². The number of aromatic nitrogens is 3. The van der Waals surface area contributed by atoms with Gasteiger partial charge in [0.1, 0.15) is 0 Å². The Morgan fingerprint density at radius 3 is 1.04 bits per heavy atom. The number of hydrogen-bond acceptors (Lipinski definition) is 3. The van der Waals surface area contributed by atoms with Crippen molar-refractivity contribution in [3.8, 4) is 0 Å². The highest BCUT2D eigenvalue weighted by Crippen LogP contribution is 2.09. The van der Waals surface area contributed by atoms with Gasteiger partial charge in [0.25, 0.3) is 0 Å². The summed E-state index contributed by atoms with van der Waals surface area (Å²) < 4.78 is 2.72. The van der Waals surface area contributed by atoms with Crippen LogP contribution in [-0.2, 0) is 0 Å². The van der Waals surface area contributed by atoms with E-state index in [-0.39, 0.29) is 17.1 Å². The highest BCUT2D eigenvalue weighted by atomic mass is 16.2. The summed E-state index contributed by atoms with van der Waals surface area (Å²) in [6.45, 7) is 0. The van der Waals surface area contributed by atoms with Crippen LogP contribution in [0.5, 0.6) is 0 Å². The normalized spacial score (nSPS) is 16.2. The lowest BCUT2D eigenvalue weighted by Crippen LogP contribution is -2.53. The molecule has 24 heavy (non-hydrogen) atoms. The number of rotatable bonds is 3. The van der Waals surface area contributed by atoms with E-state index in [0.717, 1.165) is 13.7 Å². The summed E-state index contributed by atoms with van der Waals surface area (Å²) in [7, 11) is 0. The third-order valence-corrected chi connectivity index (χ3v) is 3.62. The van der Waals surface area contributed by atoms with Crippen LogP contribution in [0, 0.1) is 0 Å². The van der Waals surface area contributed by atoms with Crippen LogP contribution in [0.25, 0.3) is 17.1 Å². The van der Waals surface area contributed by atoms with E-state index in [9.17, 15) is 14.4 Å². The van der Waals surface area contributed by atoms with Crippen molar-refractivity contribution in [3.05, 3.63) is 103 Å². The molecule has 0 fully saturated rings. The van der Waals surface area contributed by atoms with Gasteiger partial charge in [-0.1, -0.05) is 35.4 Å². The quantitative estimate of drug-likeness (QED) is 0.777. The van der Waals surface area contributed by atoms with Gasteiger partial charge in [-0.15, -0.1) is 0 Å². The first-order valence-electron chi connectivity index (χ1n) is 7.11. The molecule has 0 amide bonds. The fraction of sp³-hybridized carbons (Fsp3) is 0. The Balaban J connectivity index is 2.19. The van der Waals surface area contributed by atoms with Crippen molar-refractivity contribution in [1.29, 1.82) is 0 Å². The molecule has 1 aromatic rings. The SMILES string of the molecule is O=c1n(C2=C=CC=C2)c(=O)n(C2=C=CC=C2)c(=O)n1C1=C=CC=C1. The van der Waals surface area contributed by atoms with Crippen molar-refractivity contribution >= 4 is 17.1 Å². The first-order valence-corrected chi connectivity index (χ1v) is 7.11. The van der Waals surface area contributed by atoms with Gasteiger partial charge in [0.15, 0.2) is 0 Å². The molecule has 0 aliphatic heterocycles. The minimum atomic E-state index is -0.766. The van der Waals surface area contributed by atoms with E-state index in [1.54, 1.807) is 54.7 Å². The minimum absolute atomic E-state index is 0.269. The van der Waals surface area contributed by atoms with Crippen LogP contribution in [0.3, 0.4) is 0 Å². The lowest BCUT2D eigenvalue weighted by Gasteiger charge is -2.12. The van der Waals surface area contributed by atoms with Crippen LogP contribution in [0.15, 0.2) is 86.3 Å². The van der Waals surface area contributed by atoms with Crippen LogP contribution in [0.4, 0.5) is 0 Å². The van der Waals surface area contributed by atoms with Crippen LogP contribution >= 0.6 is 0 Å². The van der Waals surface area contributed by atoms with Gasteiger partial charge < -0.3 is 0 Å². The molecule has 0 saturated carbocycles. The molecule has 6 heteroatoms. The second-order valence-electron chi connectivity index (χ2n) is 5.02. The van der Waals surface area contributed by atoms with Crippen LogP contribution in [0.2, 0.25) is 0 Å². The first kappa shape index (κ1) is 13.8. The van der Waals surface area contributed by atoms with Crippen molar-refractivity contribution in [1.82, 2.24) is 13.7 Å². The zero-order chi connectivity index (χ0) is 16.7. The first-order chi connectivity index (χ1) is 11.7. The molecule has 1 heterocycles. The van der Waals surface area contributed by atoms with Crippen molar-refractivity contribution in [2.45, 2.75) is 0 Å². The van der Waals surface area contributed by atoms with Crippen molar-refractivity contribution in [3.63, 3.8) is 0 Å². The maximum absolute atomic E-state index is 12.8. The van der Waals surface area contributed by atoms with Crippen LogP contribution < -0.4 is 17.1 Å². The van der Waals surface area contributed by atoms with Crippen molar-refractivity contribution in [2.24, 2.45) is 0 Å². The predicted molar refractivity (Wildman–Crippen MR) is 90.0 cm³/mol. The molecule has 3 aliphatic carbocycles. The summed E-state index contributed by atoms with van der Waals surface area (Å²) in [4.78, 5) is 38.4. The summed E-state index contributed by atoms with van der Waals surface area (Å²) in [5.74, 6) is 0. The fourth-order valence-corrected chi connectivity index (χ4v) is 2.54. The smallest absolute Gasteiger partial charge is 0.246 e. The van der Waals surface area contributed by atoms with E-state index in [4.69, 9.17) is 0 Å². The lowest BCUT2D eigenvalue weighted by atomic mass is 10.4. The fourth-order valence-electron chi connectivity index (χ4n) is 2.54. The monoisotopic (exact) mass is 315 g/mol. The summed E-state index contributed by atoms with van der Waals surface area (Å²) in [5.41, 5.74) is 6.95. The summed E-state index contributed by atoms with van der Waals surface area (Å²) >= 11 is 0. The zero-order valence-corrected chi connectivity index (χ0v) is 12.3. The van der Waals surface area contributed by atoms with Gasteiger partial charge in [-0.25, -0.2) is 28.1 Å². The van der Waals surface area contributed by atoms with Crippen molar-refractivity contribution < 1.29 is 0 Å². The second kappa shape index (κ2) is 5.13. The maximum atomic E-state index is 12.8. The largest absolute Gasteiger partial charge is 0.346 e. The average molecular weight is 315 g/mol. The molecule has 0 N–H and O–H groups in total. The topological polar surface area (TPSA) is 66.0 Å². The van der Waals surface area contributed by atoms with E-state index < -0.39 is 17.1 Å². The van der Waals surface area contributed by atoms with Gasteiger partial charge in [-0.3, -0.25) is 0 Å². The molecule has 3 aliphatic rings. The Kier molecular flexibility index (Phi) is 2.95. The van der Waals surface area contributed by atoms with E-state index in [2.05, 4.69) is 17.2 Å². The van der Waals surface area contributed by atoms with E-state index in [1.807, 2.05) is 0 Å². The summed E-state index contributed by atoms with van der Waals surface area (Å²) in [6.07, 6.45) is 14.5. The molecule has 0 unspecified atom stereocenters. The third-order valence-electron chi connectivity index (χ3n) is 3.62. The summed E-state index contributed by atoms with van der Waals surface area (Å²) in [5, 5.41) is 0. The average Bonchev–Trinajstić information content (AvgIpc) is 3.31. The molecular weight excluding hydrogens is 306 g/mol. The number of allylic oxidation sites excluding steroid dienone is 9. The van der Waals surface area contributed by atoms with E-state index in [1.165, 1.54) is 0 Å². The van der Waals surface area contributed by atoms with Gasteiger partial charge in [0.05, 0.1) is 17.1 Å². The molecule has 114 valence electrons. The molecule has 0 saturated heterocycles. The van der Waals surface area contributed by atoms with Gasteiger partial charge >= 0.3 is 17.1 Å². The molecule has 0 radical (unpaired) electrons. The molecule has 0 bridgehead atoms. The molecule has 0 aromatic carbocycles. The lowest BCUT2D eigenvalue weighted by molar-refractivity contribution is 0.688. The Bertz CT molecular complexity index is 1060. The minimum Gasteiger partial charge on any atom is -0.246 e. The Morgan fingerprint density at radius 2 is 0.833 bits per heavy atom. The van der Waals surface area contributed by atoms with E-state index >= 15 is 0 Å². The predicted octanol–water partition coefficient (Wildman–Crippen LogP) is 0.869. The maximum Gasteiger partial charge on any atom is 0.346 e. The standard InChI is InChI=1S/C18H9N3O3/c22-16-19(13-7-1-2-8-13)17(23)21(15-11-5-6-12-15)18(24)20(16)14-9-3-4-10-14/h1-7,9,11H. The van der Waals surface area contributed by atoms with Crippen LogP contribution in [0.1, 0.15) is 0 Å².